The summed E-state index contributed by atoms with van der Waals surface area (Å²) < 4.78 is 5.82. The molecule has 1 aliphatic rings. The van der Waals surface area contributed by atoms with Crippen molar-refractivity contribution in [3.63, 3.8) is 0 Å². The summed E-state index contributed by atoms with van der Waals surface area (Å²) in [7, 11) is 1.57. The fourth-order valence-corrected chi connectivity index (χ4v) is 3.07. The summed E-state index contributed by atoms with van der Waals surface area (Å²) in [4.78, 5) is 25.1. The highest BCUT2D eigenvalue weighted by molar-refractivity contribution is 9.10. The number of nitrogens with zero attached hydrogens (tertiary/aromatic N) is 1. The maximum absolute atomic E-state index is 12.4. The number of urea groups is 1. The van der Waals surface area contributed by atoms with Gasteiger partial charge in [-0.2, -0.15) is 0 Å². The van der Waals surface area contributed by atoms with Crippen LogP contribution in [0.2, 0.25) is 0 Å². The summed E-state index contributed by atoms with van der Waals surface area (Å²) in [6, 6.07) is 4.96. The van der Waals surface area contributed by atoms with Crippen LogP contribution in [0, 0.1) is 11.8 Å². The average molecular weight is 371 g/mol. The van der Waals surface area contributed by atoms with E-state index in [2.05, 4.69) is 21.2 Å². The van der Waals surface area contributed by atoms with E-state index >= 15 is 0 Å². The van der Waals surface area contributed by atoms with Crippen LogP contribution in [0.4, 0.5) is 10.5 Å². The van der Waals surface area contributed by atoms with Gasteiger partial charge in [0.05, 0.1) is 18.7 Å². The van der Waals surface area contributed by atoms with Crippen molar-refractivity contribution in [1.82, 2.24) is 4.90 Å². The minimum Gasteiger partial charge on any atom is -0.497 e. The van der Waals surface area contributed by atoms with Gasteiger partial charge >= 0.3 is 12.0 Å². The molecule has 1 aromatic rings. The number of benzene rings is 1. The molecule has 1 heterocycles. The lowest BCUT2D eigenvalue weighted by atomic mass is 9.91. The first-order valence-electron chi connectivity index (χ1n) is 7.03. The Balaban J connectivity index is 2.06. The molecule has 0 bridgehead atoms. The van der Waals surface area contributed by atoms with Crippen LogP contribution in [0.3, 0.4) is 0 Å². The Bertz CT molecular complexity index is 579. The van der Waals surface area contributed by atoms with Crippen molar-refractivity contribution in [2.45, 2.75) is 13.3 Å². The predicted molar refractivity (Wildman–Crippen MR) is 86.2 cm³/mol. The van der Waals surface area contributed by atoms with Gasteiger partial charge in [-0.25, -0.2) is 4.79 Å². The highest BCUT2D eigenvalue weighted by atomic mass is 79.9. The number of hydrogen-bond acceptors (Lipinski definition) is 3. The summed E-state index contributed by atoms with van der Waals surface area (Å²) in [6.07, 6.45) is 0.603. The standard InChI is InChI=1S/C15H19BrN2O4/c1-9-5-10(14(19)20)8-18(7-9)15(21)17-13-4-3-11(22-2)6-12(13)16/h3-4,6,9-10H,5,7-8H2,1-2H3,(H,17,21)(H,19,20). The molecular formula is C15H19BrN2O4. The second kappa shape index (κ2) is 7.00. The zero-order valence-electron chi connectivity index (χ0n) is 12.5. The maximum Gasteiger partial charge on any atom is 0.321 e. The summed E-state index contributed by atoms with van der Waals surface area (Å²) in [5, 5.41) is 12.0. The van der Waals surface area contributed by atoms with Crippen molar-refractivity contribution in [3.8, 4) is 5.75 Å². The third kappa shape index (κ3) is 3.91. The number of aliphatic carboxylic acids is 1. The Morgan fingerprint density at radius 3 is 2.73 bits per heavy atom. The Labute approximate surface area is 137 Å². The number of ether oxygens (including phenoxy) is 1. The van der Waals surface area contributed by atoms with Crippen molar-refractivity contribution in [2.24, 2.45) is 11.8 Å². The lowest BCUT2D eigenvalue weighted by Crippen LogP contribution is -2.47. The number of hydrogen-bond donors (Lipinski definition) is 2. The largest absolute Gasteiger partial charge is 0.497 e. The van der Waals surface area contributed by atoms with Crippen LogP contribution in [0.25, 0.3) is 0 Å². The number of methoxy groups -OCH3 is 1. The van der Waals surface area contributed by atoms with Crippen LogP contribution in [0.15, 0.2) is 22.7 Å². The van der Waals surface area contributed by atoms with E-state index < -0.39 is 11.9 Å². The molecule has 1 aliphatic heterocycles. The molecule has 2 atom stereocenters. The molecule has 0 aromatic heterocycles. The smallest absolute Gasteiger partial charge is 0.321 e. The molecule has 0 aliphatic carbocycles. The van der Waals surface area contributed by atoms with Crippen molar-refractivity contribution in [3.05, 3.63) is 22.7 Å². The van der Waals surface area contributed by atoms with Crippen LogP contribution >= 0.6 is 15.9 Å². The van der Waals surface area contributed by atoms with E-state index in [1.807, 2.05) is 6.92 Å². The molecular weight excluding hydrogens is 352 g/mol. The zero-order valence-corrected chi connectivity index (χ0v) is 14.1. The van der Waals surface area contributed by atoms with E-state index in [4.69, 9.17) is 9.84 Å². The van der Waals surface area contributed by atoms with E-state index in [9.17, 15) is 9.59 Å². The second-order valence-electron chi connectivity index (χ2n) is 5.56. The van der Waals surface area contributed by atoms with Gasteiger partial charge < -0.3 is 20.1 Å². The number of carboxylic acid groups (broad SMARTS) is 1. The lowest BCUT2D eigenvalue weighted by Gasteiger charge is -2.34. The monoisotopic (exact) mass is 370 g/mol. The molecule has 2 unspecified atom stereocenters. The fraction of sp³-hybridized carbons (Fsp3) is 0.467. The Hall–Kier alpha value is -1.76. The predicted octanol–water partition coefficient (Wildman–Crippen LogP) is 3.03. The van der Waals surface area contributed by atoms with Crippen LogP contribution in [-0.2, 0) is 4.79 Å². The molecule has 2 amide bonds. The Morgan fingerprint density at radius 2 is 2.14 bits per heavy atom. The minimum absolute atomic E-state index is 0.167. The third-order valence-electron chi connectivity index (χ3n) is 3.71. The van der Waals surface area contributed by atoms with Crippen molar-refractivity contribution in [1.29, 1.82) is 0 Å². The number of nitrogens with one attached hydrogen (secondary N) is 1. The Kier molecular flexibility index (Phi) is 5.28. The molecule has 0 radical (unpaired) electrons. The molecule has 1 fully saturated rings. The highest BCUT2D eigenvalue weighted by Crippen LogP contribution is 2.28. The van der Waals surface area contributed by atoms with Crippen LogP contribution in [-0.4, -0.2) is 42.2 Å². The van der Waals surface area contributed by atoms with Gasteiger partial charge in [0.2, 0.25) is 0 Å². The molecule has 1 saturated heterocycles. The molecule has 2 N–H and O–H groups in total. The maximum atomic E-state index is 12.4. The third-order valence-corrected chi connectivity index (χ3v) is 4.37. The number of anilines is 1. The average Bonchev–Trinajstić information content (AvgIpc) is 2.48. The number of carbonyl (C=O) groups excluding carboxylic acids is 1. The second-order valence-corrected chi connectivity index (χ2v) is 6.41. The van der Waals surface area contributed by atoms with Gasteiger partial charge in [0.1, 0.15) is 5.75 Å². The van der Waals surface area contributed by atoms with Gasteiger partial charge in [-0.15, -0.1) is 0 Å². The van der Waals surface area contributed by atoms with E-state index in [1.165, 1.54) is 0 Å². The first-order valence-corrected chi connectivity index (χ1v) is 7.82. The van der Waals surface area contributed by atoms with Crippen LogP contribution < -0.4 is 10.1 Å². The van der Waals surface area contributed by atoms with Gasteiger partial charge in [0.15, 0.2) is 0 Å². The van der Waals surface area contributed by atoms with Gasteiger partial charge in [-0.3, -0.25) is 4.79 Å². The number of carbonyl (C=O) groups is 2. The van der Waals surface area contributed by atoms with E-state index in [0.29, 0.717) is 28.9 Å². The van der Waals surface area contributed by atoms with Gasteiger partial charge in [0, 0.05) is 17.6 Å². The van der Waals surface area contributed by atoms with Gasteiger partial charge in [0.25, 0.3) is 0 Å². The van der Waals surface area contributed by atoms with Crippen LogP contribution in [0.1, 0.15) is 13.3 Å². The van der Waals surface area contributed by atoms with E-state index in [1.54, 1.807) is 30.2 Å². The Morgan fingerprint density at radius 1 is 1.41 bits per heavy atom. The first-order chi connectivity index (χ1) is 10.4. The molecule has 120 valence electrons. The van der Waals surface area contributed by atoms with Gasteiger partial charge in [-0.1, -0.05) is 6.92 Å². The first kappa shape index (κ1) is 16.6. The van der Waals surface area contributed by atoms with Crippen molar-refractivity contribution < 1.29 is 19.4 Å². The van der Waals surface area contributed by atoms with Crippen molar-refractivity contribution >= 4 is 33.6 Å². The number of carboxylic acids is 1. The molecule has 0 saturated carbocycles. The van der Waals surface area contributed by atoms with Crippen molar-refractivity contribution in [2.75, 3.05) is 25.5 Å². The highest BCUT2D eigenvalue weighted by Gasteiger charge is 2.32. The fourth-order valence-electron chi connectivity index (χ4n) is 2.61. The number of halogens is 1. The summed E-state index contributed by atoms with van der Waals surface area (Å²) in [6.45, 7) is 2.75. The summed E-state index contributed by atoms with van der Waals surface area (Å²) in [5.41, 5.74) is 0.621. The molecule has 6 nitrogen and oxygen atoms in total. The summed E-state index contributed by atoms with van der Waals surface area (Å²) in [5.74, 6) is -0.508. The summed E-state index contributed by atoms with van der Waals surface area (Å²) >= 11 is 3.38. The van der Waals surface area contributed by atoms with E-state index in [0.717, 1.165) is 0 Å². The molecule has 22 heavy (non-hydrogen) atoms. The van der Waals surface area contributed by atoms with E-state index in [-0.39, 0.29) is 18.5 Å². The molecule has 0 spiro atoms. The van der Waals surface area contributed by atoms with Crippen LogP contribution in [0.5, 0.6) is 5.75 Å². The number of rotatable bonds is 3. The topological polar surface area (TPSA) is 78.9 Å². The molecule has 1 aromatic carbocycles. The number of likely N-dealkylation sites (tertiary alicyclic amines) is 1. The normalized spacial score (nSPS) is 21.3. The molecule has 7 heteroatoms. The molecule has 2 rings (SSSR count). The van der Waals surface area contributed by atoms with Gasteiger partial charge in [-0.05, 0) is 46.5 Å². The SMILES string of the molecule is COc1ccc(NC(=O)N2CC(C)CC(C(=O)O)C2)c(Br)c1. The number of piperidine rings is 1. The quantitative estimate of drug-likeness (QED) is 0.856. The number of amides is 2. The zero-order chi connectivity index (χ0) is 16.3. The lowest BCUT2D eigenvalue weighted by molar-refractivity contribution is -0.143. The minimum atomic E-state index is -0.852.